The van der Waals surface area contributed by atoms with Crippen molar-refractivity contribution in [1.29, 1.82) is 0 Å². The highest BCUT2D eigenvalue weighted by Crippen LogP contribution is 2.51. The zero-order valence-corrected chi connectivity index (χ0v) is 39.0. The molecular formula is C55H63N3O4. The standard InChI is InChI=1S/C55H63N3O4/c1-32-14-16-33(17-15-32)35-20-24-38-40(26-35)50(61)57(48(38)59)46-42(28-52(2,3)4)44(30-54(8,9)10)47(45(31-55(11,12)13)43(46)29-53(5,6)7)58-49(60)39-25-21-36(27-41(39)51(58)62)34-18-22-37(56)23-19-34/h14-27H,28-31,56H2,1-13H3. The molecule has 0 atom stereocenters. The number of hydrogen-bond acceptors (Lipinski definition) is 5. The van der Waals surface area contributed by atoms with Crippen LogP contribution in [0.25, 0.3) is 22.3 Å². The predicted octanol–water partition coefficient (Wildman–Crippen LogP) is 12.9. The van der Waals surface area contributed by atoms with E-state index in [-0.39, 0.29) is 45.3 Å². The van der Waals surface area contributed by atoms with Crippen molar-refractivity contribution in [3.05, 3.63) is 135 Å². The minimum absolute atomic E-state index is 0.323. The monoisotopic (exact) mass is 829 g/mol. The third-order valence-corrected chi connectivity index (χ3v) is 11.5. The van der Waals surface area contributed by atoms with Gasteiger partial charge in [0.05, 0.1) is 33.6 Å². The molecule has 2 N–H and O–H groups in total. The highest BCUT2D eigenvalue weighted by atomic mass is 16.2. The molecule has 0 aromatic heterocycles. The molecular weight excluding hydrogens is 767 g/mol. The lowest BCUT2D eigenvalue weighted by Crippen LogP contribution is -2.37. The first-order valence-corrected chi connectivity index (χ1v) is 21.9. The Labute approximate surface area is 368 Å². The van der Waals surface area contributed by atoms with Gasteiger partial charge in [-0.15, -0.1) is 0 Å². The summed E-state index contributed by atoms with van der Waals surface area (Å²) < 4.78 is 0. The van der Waals surface area contributed by atoms with Gasteiger partial charge in [0.25, 0.3) is 23.6 Å². The molecule has 0 aliphatic carbocycles. The SMILES string of the molecule is Cc1ccc(-c2ccc3c(c2)C(=O)N(c2c(CC(C)(C)C)c(CC(C)(C)C)c(N4C(=O)c5ccc(-c6ccc(N)cc6)cc5C4=O)c(CC(C)(C)C)c2CC(C)(C)C)C3=O)cc1. The number of carbonyl (C=O) groups excluding carboxylic acids is 4. The van der Waals surface area contributed by atoms with E-state index in [4.69, 9.17) is 5.73 Å². The van der Waals surface area contributed by atoms with Crippen molar-refractivity contribution < 1.29 is 19.2 Å². The van der Waals surface area contributed by atoms with Crippen LogP contribution in [0.2, 0.25) is 0 Å². The van der Waals surface area contributed by atoms with Gasteiger partial charge in [0.15, 0.2) is 0 Å². The van der Waals surface area contributed by atoms with Crippen molar-refractivity contribution in [3.8, 4) is 22.3 Å². The fraction of sp³-hybridized carbons (Fsp3) is 0.382. The summed E-state index contributed by atoms with van der Waals surface area (Å²) in [6.45, 7) is 27.9. The van der Waals surface area contributed by atoms with Gasteiger partial charge in [-0.25, -0.2) is 9.80 Å². The second kappa shape index (κ2) is 15.5. The first-order chi connectivity index (χ1) is 28.7. The number of imide groups is 2. The molecule has 0 bridgehead atoms. The normalized spacial score (nSPS) is 14.6. The molecule has 4 amide bonds. The van der Waals surface area contributed by atoms with Crippen molar-refractivity contribution in [3.63, 3.8) is 0 Å². The van der Waals surface area contributed by atoms with Crippen LogP contribution in [0.1, 0.15) is 152 Å². The molecule has 5 aromatic rings. The fourth-order valence-electron chi connectivity index (χ4n) is 9.03. The Morgan fingerprint density at radius 2 is 0.661 bits per heavy atom. The van der Waals surface area contributed by atoms with Gasteiger partial charge >= 0.3 is 0 Å². The van der Waals surface area contributed by atoms with Crippen LogP contribution in [0.15, 0.2) is 84.9 Å². The summed E-state index contributed by atoms with van der Waals surface area (Å²) in [6.07, 6.45) is 1.94. The topological polar surface area (TPSA) is 101 Å². The Balaban J connectivity index is 1.56. The lowest BCUT2D eigenvalue weighted by molar-refractivity contribution is 0.0908. The molecule has 2 heterocycles. The van der Waals surface area contributed by atoms with E-state index in [2.05, 4.69) is 83.1 Å². The smallest absolute Gasteiger partial charge is 0.266 e. The number of aryl methyl sites for hydroxylation is 1. The molecule has 2 aliphatic heterocycles. The molecule has 7 rings (SSSR count). The zero-order valence-electron chi connectivity index (χ0n) is 39.0. The summed E-state index contributed by atoms with van der Waals surface area (Å²) in [5.41, 5.74) is 15.9. The van der Waals surface area contributed by atoms with E-state index < -0.39 is 0 Å². The van der Waals surface area contributed by atoms with Gasteiger partial charge < -0.3 is 5.73 Å². The van der Waals surface area contributed by atoms with Crippen LogP contribution >= 0.6 is 0 Å². The molecule has 0 saturated carbocycles. The number of carbonyl (C=O) groups is 4. The third-order valence-electron chi connectivity index (χ3n) is 11.5. The van der Waals surface area contributed by atoms with Crippen molar-refractivity contribution in [1.82, 2.24) is 0 Å². The average molecular weight is 830 g/mol. The van der Waals surface area contributed by atoms with Crippen molar-refractivity contribution in [2.45, 2.75) is 116 Å². The van der Waals surface area contributed by atoms with Crippen LogP contribution in [0, 0.1) is 28.6 Å². The lowest BCUT2D eigenvalue weighted by atomic mass is 9.73. The zero-order chi connectivity index (χ0) is 45.4. The Morgan fingerprint density at radius 3 is 0.968 bits per heavy atom. The lowest BCUT2D eigenvalue weighted by Gasteiger charge is -2.38. The molecule has 0 unspecified atom stereocenters. The minimum Gasteiger partial charge on any atom is -0.399 e. The van der Waals surface area contributed by atoms with E-state index in [0.29, 0.717) is 65.0 Å². The number of hydrogen-bond donors (Lipinski definition) is 1. The average Bonchev–Trinajstić information content (AvgIpc) is 3.55. The molecule has 0 saturated heterocycles. The second-order valence-electron chi connectivity index (χ2n) is 22.5. The van der Waals surface area contributed by atoms with Crippen LogP contribution < -0.4 is 15.5 Å². The van der Waals surface area contributed by atoms with Gasteiger partial charge in [-0.3, -0.25) is 19.2 Å². The van der Waals surface area contributed by atoms with Crippen LogP contribution in [-0.4, -0.2) is 23.6 Å². The maximum absolute atomic E-state index is 15.2. The molecule has 0 radical (unpaired) electrons. The van der Waals surface area contributed by atoms with Crippen molar-refractivity contribution in [2.75, 3.05) is 15.5 Å². The second-order valence-corrected chi connectivity index (χ2v) is 22.5. The highest BCUT2D eigenvalue weighted by molar-refractivity contribution is 6.37. The van der Waals surface area contributed by atoms with E-state index in [1.807, 2.05) is 79.7 Å². The summed E-state index contributed by atoms with van der Waals surface area (Å²) in [5.74, 6) is -1.48. The van der Waals surface area contributed by atoms with Crippen LogP contribution in [-0.2, 0) is 25.7 Å². The van der Waals surface area contributed by atoms with Gasteiger partial charge in [0.2, 0.25) is 0 Å². The quantitative estimate of drug-likeness (QED) is 0.124. The first kappa shape index (κ1) is 44.2. The van der Waals surface area contributed by atoms with Gasteiger partial charge in [-0.2, -0.15) is 0 Å². The number of nitrogen functional groups attached to an aromatic ring is 1. The summed E-state index contributed by atoms with van der Waals surface area (Å²) in [7, 11) is 0. The first-order valence-electron chi connectivity index (χ1n) is 21.9. The Hall–Kier alpha value is -5.82. The van der Waals surface area contributed by atoms with E-state index in [1.165, 1.54) is 9.80 Å². The van der Waals surface area contributed by atoms with E-state index in [1.54, 1.807) is 12.1 Å². The van der Waals surface area contributed by atoms with Gasteiger partial charge in [-0.05, 0) is 135 Å². The maximum Gasteiger partial charge on any atom is 0.266 e. The molecule has 5 aromatic carbocycles. The van der Waals surface area contributed by atoms with Gasteiger partial charge in [0.1, 0.15) is 0 Å². The van der Waals surface area contributed by atoms with E-state index in [9.17, 15) is 0 Å². The fourth-order valence-corrected chi connectivity index (χ4v) is 9.03. The number of nitrogens with two attached hydrogens (primary N) is 1. The van der Waals surface area contributed by atoms with E-state index >= 15 is 19.2 Å². The molecule has 322 valence electrons. The van der Waals surface area contributed by atoms with Gasteiger partial charge in [-0.1, -0.05) is 137 Å². The molecule has 0 spiro atoms. The highest BCUT2D eigenvalue weighted by Gasteiger charge is 2.46. The molecule has 62 heavy (non-hydrogen) atoms. The molecule has 2 aliphatic rings. The third kappa shape index (κ3) is 8.77. The molecule has 7 nitrogen and oxygen atoms in total. The minimum atomic E-state index is -0.381. The summed E-state index contributed by atoms with van der Waals surface area (Å²) >= 11 is 0. The molecule has 0 fully saturated rings. The predicted molar refractivity (Wildman–Crippen MR) is 254 cm³/mol. The van der Waals surface area contributed by atoms with Crippen molar-refractivity contribution >= 4 is 40.7 Å². The number of anilines is 3. The van der Waals surface area contributed by atoms with Crippen LogP contribution in [0.5, 0.6) is 0 Å². The Morgan fingerprint density at radius 1 is 0.387 bits per heavy atom. The summed E-state index contributed by atoms with van der Waals surface area (Å²) in [5, 5.41) is 0. The number of benzene rings is 5. The largest absolute Gasteiger partial charge is 0.399 e. The van der Waals surface area contributed by atoms with Gasteiger partial charge in [0, 0.05) is 5.69 Å². The summed E-state index contributed by atoms with van der Waals surface area (Å²) in [6, 6.07) is 26.7. The summed E-state index contributed by atoms with van der Waals surface area (Å²) in [4.78, 5) is 63.4. The van der Waals surface area contributed by atoms with Crippen molar-refractivity contribution in [2.24, 2.45) is 21.7 Å². The molecule has 7 heteroatoms. The Bertz CT molecular complexity index is 2400. The number of nitrogens with zero attached hydrogens (tertiary/aromatic N) is 2. The number of rotatable bonds is 8. The van der Waals surface area contributed by atoms with Crippen LogP contribution in [0.3, 0.4) is 0 Å². The van der Waals surface area contributed by atoms with E-state index in [0.717, 1.165) is 50.1 Å². The maximum atomic E-state index is 15.2. The number of fused-ring (bicyclic) bond motifs is 2. The van der Waals surface area contributed by atoms with Crippen LogP contribution in [0.4, 0.5) is 17.1 Å². The Kier molecular flexibility index (Phi) is 11.1. The number of amides is 4.